The van der Waals surface area contributed by atoms with Crippen LogP contribution in [-0.2, 0) is 4.79 Å². The van der Waals surface area contributed by atoms with Crippen LogP contribution >= 0.6 is 0 Å². The first-order valence-corrected chi connectivity index (χ1v) is 10.2. The van der Waals surface area contributed by atoms with Gasteiger partial charge in [0.25, 0.3) is 0 Å². The van der Waals surface area contributed by atoms with E-state index >= 15 is 0 Å². The van der Waals surface area contributed by atoms with E-state index in [-0.39, 0.29) is 23.3 Å². The first-order valence-electron chi connectivity index (χ1n) is 10.2. The van der Waals surface area contributed by atoms with Crippen LogP contribution in [0.4, 0.5) is 10.2 Å². The lowest BCUT2D eigenvalue weighted by Crippen LogP contribution is -2.33. The fourth-order valence-electron chi connectivity index (χ4n) is 3.76. The molecule has 0 aliphatic carbocycles. The quantitative estimate of drug-likeness (QED) is 0.656. The van der Waals surface area contributed by atoms with E-state index < -0.39 is 5.82 Å². The van der Waals surface area contributed by atoms with Gasteiger partial charge in [-0.05, 0) is 57.1 Å². The summed E-state index contributed by atoms with van der Waals surface area (Å²) in [6, 6.07) is 9.25. The van der Waals surface area contributed by atoms with Crippen molar-refractivity contribution < 1.29 is 9.18 Å². The van der Waals surface area contributed by atoms with Gasteiger partial charge in [0.2, 0.25) is 5.91 Å². The van der Waals surface area contributed by atoms with Gasteiger partial charge in [-0.15, -0.1) is 0 Å². The molecule has 4 rings (SSSR count). The Morgan fingerprint density at radius 2 is 2.10 bits per heavy atom. The first-order chi connectivity index (χ1) is 14.1. The number of carbonyl (C=O) groups is 1. The lowest BCUT2D eigenvalue weighted by atomic mass is 10.1. The molecule has 152 valence electrons. The van der Waals surface area contributed by atoms with E-state index in [0.29, 0.717) is 5.56 Å². The molecular weight excluding hydrogens is 369 g/mol. The molecule has 1 aliphatic heterocycles. The minimum Gasteiger partial charge on any atom is -0.307 e. The Bertz CT molecular complexity index is 996. The van der Waals surface area contributed by atoms with Crippen LogP contribution in [0.25, 0.3) is 22.2 Å². The zero-order chi connectivity index (χ0) is 20.2. The van der Waals surface area contributed by atoms with Crippen molar-refractivity contribution in [2.75, 3.05) is 25.0 Å². The van der Waals surface area contributed by atoms with Crippen molar-refractivity contribution in [1.82, 2.24) is 20.1 Å². The fraction of sp³-hybridized carbons (Fsp3) is 0.409. The minimum atomic E-state index is -0.551. The Balaban J connectivity index is 1.41. The number of fused-ring (bicyclic) bond motifs is 1. The molecule has 1 atom stereocenters. The van der Waals surface area contributed by atoms with Crippen molar-refractivity contribution in [1.29, 1.82) is 0 Å². The van der Waals surface area contributed by atoms with E-state index in [2.05, 4.69) is 25.4 Å². The van der Waals surface area contributed by atoms with Gasteiger partial charge in [0.05, 0.1) is 5.52 Å². The third-order valence-electron chi connectivity index (χ3n) is 5.61. The third kappa shape index (κ3) is 4.45. The van der Waals surface area contributed by atoms with Crippen LogP contribution in [0.2, 0.25) is 0 Å². The van der Waals surface area contributed by atoms with E-state index in [0.717, 1.165) is 37.0 Å². The van der Waals surface area contributed by atoms with Gasteiger partial charge in [-0.25, -0.2) is 4.39 Å². The fourth-order valence-corrected chi connectivity index (χ4v) is 3.76. The molecule has 0 saturated carbocycles. The molecule has 7 heteroatoms. The Hall–Kier alpha value is -2.80. The largest absolute Gasteiger partial charge is 0.307 e. The van der Waals surface area contributed by atoms with E-state index in [1.165, 1.54) is 19.3 Å². The molecule has 6 nitrogen and oxygen atoms in total. The molecule has 3 heterocycles. The Morgan fingerprint density at radius 1 is 1.28 bits per heavy atom. The van der Waals surface area contributed by atoms with Gasteiger partial charge >= 0.3 is 0 Å². The van der Waals surface area contributed by atoms with E-state index in [9.17, 15) is 9.18 Å². The monoisotopic (exact) mass is 395 g/mol. The van der Waals surface area contributed by atoms with Gasteiger partial charge in [0, 0.05) is 23.1 Å². The SMILES string of the molecule is CC(CCN1CCCCC1)C(=O)Nc1n[nH]c(-c2ccc3ncccc3c2)c1F. The summed E-state index contributed by atoms with van der Waals surface area (Å²) in [6.45, 7) is 4.98. The number of hydrogen-bond acceptors (Lipinski definition) is 4. The molecule has 1 amide bonds. The van der Waals surface area contributed by atoms with Crippen LogP contribution in [0.15, 0.2) is 36.5 Å². The summed E-state index contributed by atoms with van der Waals surface area (Å²) >= 11 is 0. The van der Waals surface area contributed by atoms with Crippen molar-refractivity contribution in [2.45, 2.75) is 32.6 Å². The second kappa shape index (κ2) is 8.69. The topological polar surface area (TPSA) is 73.9 Å². The molecule has 1 aliphatic rings. The maximum atomic E-state index is 14.9. The number of aromatic amines is 1. The summed E-state index contributed by atoms with van der Waals surface area (Å²) in [4.78, 5) is 19.2. The second-order valence-corrected chi connectivity index (χ2v) is 7.75. The van der Waals surface area contributed by atoms with Crippen molar-refractivity contribution in [2.24, 2.45) is 5.92 Å². The zero-order valence-electron chi connectivity index (χ0n) is 16.6. The summed E-state index contributed by atoms with van der Waals surface area (Å²) in [5, 5.41) is 10.3. The van der Waals surface area contributed by atoms with Gasteiger partial charge in [-0.2, -0.15) is 5.10 Å². The number of nitrogens with one attached hydrogen (secondary N) is 2. The Labute approximate surface area is 169 Å². The second-order valence-electron chi connectivity index (χ2n) is 7.75. The van der Waals surface area contributed by atoms with Crippen LogP contribution in [0.3, 0.4) is 0 Å². The molecule has 1 unspecified atom stereocenters. The maximum absolute atomic E-state index is 14.9. The number of aromatic nitrogens is 3. The number of halogens is 1. The highest BCUT2D eigenvalue weighted by molar-refractivity contribution is 5.92. The minimum absolute atomic E-state index is 0.0545. The first kappa shape index (κ1) is 19.5. The molecule has 29 heavy (non-hydrogen) atoms. The molecule has 2 N–H and O–H groups in total. The number of nitrogens with zero attached hydrogens (tertiary/aromatic N) is 3. The number of piperidine rings is 1. The van der Waals surface area contributed by atoms with Gasteiger partial charge in [-0.1, -0.05) is 25.5 Å². The third-order valence-corrected chi connectivity index (χ3v) is 5.61. The van der Waals surface area contributed by atoms with Crippen molar-refractivity contribution in [3.05, 3.63) is 42.3 Å². The molecule has 1 fully saturated rings. The van der Waals surface area contributed by atoms with Crippen molar-refractivity contribution >= 4 is 22.6 Å². The van der Waals surface area contributed by atoms with Crippen LogP contribution < -0.4 is 5.32 Å². The standard InChI is InChI=1S/C22H26FN5O/c1-15(9-13-28-11-3-2-4-12-28)22(29)25-21-19(23)20(26-27-21)17-7-8-18-16(14-17)6-5-10-24-18/h5-8,10,14-15H,2-4,9,11-13H2,1H3,(H2,25,26,27,29). The van der Waals surface area contributed by atoms with Gasteiger partial charge in [0.15, 0.2) is 11.6 Å². The number of pyridine rings is 1. The molecule has 0 radical (unpaired) electrons. The number of carbonyl (C=O) groups excluding carboxylic acids is 1. The number of amides is 1. The molecule has 0 spiro atoms. The summed E-state index contributed by atoms with van der Waals surface area (Å²) < 4.78 is 14.9. The Morgan fingerprint density at radius 3 is 2.93 bits per heavy atom. The highest BCUT2D eigenvalue weighted by atomic mass is 19.1. The smallest absolute Gasteiger partial charge is 0.228 e. The van der Waals surface area contributed by atoms with Gasteiger partial charge in [0.1, 0.15) is 5.69 Å². The molecule has 0 bridgehead atoms. The van der Waals surface area contributed by atoms with Crippen molar-refractivity contribution in [3.63, 3.8) is 0 Å². The van der Waals surface area contributed by atoms with E-state index in [4.69, 9.17) is 0 Å². The van der Waals surface area contributed by atoms with Gasteiger partial charge < -0.3 is 10.2 Å². The molecule has 2 aromatic heterocycles. The molecule has 1 aromatic carbocycles. The summed E-state index contributed by atoms with van der Waals surface area (Å²) in [7, 11) is 0. The lowest BCUT2D eigenvalue weighted by Gasteiger charge is -2.27. The number of hydrogen-bond donors (Lipinski definition) is 2. The van der Waals surface area contributed by atoms with E-state index in [1.54, 1.807) is 12.3 Å². The van der Waals surface area contributed by atoms with Crippen molar-refractivity contribution in [3.8, 4) is 11.3 Å². The summed E-state index contributed by atoms with van der Waals surface area (Å²) in [5.74, 6) is -1.02. The van der Waals surface area contributed by atoms with Gasteiger partial charge in [-0.3, -0.25) is 14.9 Å². The maximum Gasteiger partial charge on any atom is 0.228 e. The summed E-state index contributed by atoms with van der Waals surface area (Å²) in [5.41, 5.74) is 1.76. The van der Waals surface area contributed by atoms with Crippen LogP contribution in [0.5, 0.6) is 0 Å². The zero-order valence-corrected chi connectivity index (χ0v) is 16.6. The van der Waals surface area contributed by atoms with Crippen LogP contribution in [0.1, 0.15) is 32.6 Å². The number of benzene rings is 1. The predicted molar refractivity (Wildman–Crippen MR) is 112 cm³/mol. The number of H-pyrrole nitrogens is 1. The predicted octanol–water partition coefficient (Wildman–Crippen LogP) is 4.21. The average Bonchev–Trinajstić information content (AvgIpc) is 3.12. The molecular formula is C22H26FN5O. The lowest BCUT2D eigenvalue weighted by molar-refractivity contribution is -0.119. The normalized spacial score (nSPS) is 16.1. The van der Waals surface area contributed by atoms with Crippen LogP contribution in [-0.4, -0.2) is 45.6 Å². The van der Waals surface area contributed by atoms with Crippen LogP contribution in [0, 0.1) is 11.7 Å². The molecule has 1 saturated heterocycles. The van der Waals surface area contributed by atoms with E-state index in [1.807, 2.05) is 31.2 Å². The summed E-state index contributed by atoms with van der Waals surface area (Å²) in [6.07, 6.45) is 6.22. The number of anilines is 1. The number of rotatable bonds is 6. The average molecular weight is 395 g/mol. The molecule has 3 aromatic rings. The highest BCUT2D eigenvalue weighted by Gasteiger charge is 2.21. The Kier molecular flexibility index (Phi) is 5.85. The highest BCUT2D eigenvalue weighted by Crippen LogP contribution is 2.27. The number of likely N-dealkylation sites (tertiary alicyclic amines) is 1.